The highest BCUT2D eigenvalue weighted by atomic mass is 32.2. The van der Waals surface area contributed by atoms with Crippen LogP contribution in [-0.4, -0.2) is 12.9 Å². The van der Waals surface area contributed by atoms with Crippen molar-refractivity contribution in [3.05, 3.63) is 54.8 Å². The van der Waals surface area contributed by atoms with Gasteiger partial charge in [-0.25, -0.2) is 0 Å². The predicted molar refractivity (Wildman–Crippen MR) is 62.5 cm³/mol. The van der Waals surface area contributed by atoms with Crippen LogP contribution in [0, 0.1) is 0 Å². The number of hydrogen-bond donors (Lipinski definition) is 0. The van der Waals surface area contributed by atoms with E-state index in [4.69, 9.17) is 4.74 Å². The summed E-state index contributed by atoms with van der Waals surface area (Å²) in [5.41, 5.74) is 1.06. The molecule has 1 rings (SSSR count). The van der Waals surface area contributed by atoms with E-state index in [0.29, 0.717) is 0 Å². The van der Waals surface area contributed by atoms with Crippen LogP contribution < -0.4 is 0 Å². The Morgan fingerprint density at radius 3 is 2.79 bits per heavy atom. The molecular weight excluding hydrogens is 192 g/mol. The molecule has 1 aromatic carbocycles. The molecule has 0 atom stereocenters. The molecule has 0 bridgehead atoms. The minimum absolute atomic E-state index is 0.893. The van der Waals surface area contributed by atoms with E-state index in [2.05, 4.69) is 18.7 Å². The number of allylic oxidation sites excluding steroid dienone is 1. The first-order valence-electron chi connectivity index (χ1n) is 4.38. The van der Waals surface area contributed by atoms with E-state index in [1.807, 2.05) is 24.3 Å². The summed E-state index contributed by atoms with van der Waals surface area (Å²) in [6.07, 6.45) is 3.53. The molecule has 0 N–H and O–H groups in total. The SMILES string of the molecule is C=C(/C=C/OC)CSc1ccccc1. The molecule has 0 amide bonds. The molecule has 0 unspecified atom stereocenters. The van der Waals surface area contributed by atoms with E-state index in [9.17, 15) is 0 Å². The molecule has 2 heteroatoms. The van der Waals surface area contributed by atoms with Gasteiger partial charge in [-0.05, 0) is 23.8 Å². The van der Waals surface area contributed by atoms with Gasteiger partial charge in [0.1, 0.15) is 0 Å². The molecule has 1 aromatic rings. The summed E-state index contributed by atoms with van der Waals surface area (Å²) < 4.78 is 4.81. The molecule has 0 aliphatic carbocycles. The molecule has 0 saturated carbocycles. The van der Waals surface area contributed by atoms with Crippen molar-refractivity contribution in [2.24, 2.45) is 0 Å². The van der Waals surface area contributed by atoms with Crippen LogP contribution in [0.25, 0.3) is 0 Å². The maximum atomic E-state index is 4.81. The summed E-state index contributed by atoms with van der Waals surface area (Å²) >= 11 is 1.77. The lowest BCUT2D eigenvalue weighted by atomic mass is 10.3. The fraction of sp³-hybridized carbons (Fsp3) is 0.167. The van der Waals surface area contributed by atoms with Crippen LogP contribution in [-0.2, 0) is 4.74 Å². The fourth-order valence-corrected chi connectivity index (χ4v) is 1.70. The van der Waals surface area contributed by atoms with Crippen molar-refractivity contribution >= 4 is 11.8 Å². The summed E-state index contributed by atoms with van der Waals surface area (Å²) in [5.74, 6) is 0.893. The first kappa shape index (κ1) is 10.9. The van der Waals surface area contributed by atoms with Crippen molar-refractivity contribution in [3.8, 4) is 0 Å². The molecule has 0 radical (unpaired) electrons. The van der Waals surface area contributed by atoms with Crippen LogP contribution in [0.5, 0.6) is 0 Å². The van der Waals surface area contributed by atoms with Gasteiger partial charge in [0, 0.05) is 10.6 Å². The first-order valence-corrected chi connectivity index (χ1v) is 5.36. The van der Waals surface area contributed by atoms with E-state index in [1.54, 1.807) is 25.1 Å². The Balaban J connectivity index is 2.34. The second-order valence-corrected chi connectivity index (χ2v) is 3.85. The Kier molecular flexibility index (Phi) is 4.94. The summed E-state index contributed by atoms with van der Waals surface area (Å²) in [4.78, 5) is 1.26. The average molecular weight is 206 g/mol. The van der Waals surface area contributed by atoms with Crippen LogP contribution in [0.15, 0.2) is 59.7 Å². The van der Waals surface area contributed by atoms with E-state index in [0.717, 1.165) is 11.3 Å². The van der Waals surface area contributed by atoms with Crippen molar-refractivity contribution in [2.45, 2.75) is 4.90 Å². The monoisotopic (exact) mass is 206 g/mol. The second-order valence-electron chi connectivity index (χ2n) is 2.80. The maximum Gasteiger partial charge on any atom is 0.0827 e. The van der Waals surface area contributed by atoms with Gasteiger partial charge in [0.2, 0.25) is 0 Å². The third-order valence-corrected chi connectivity index (χ3v) is 2.73. The standard InChI is InChI=1S/C12H14OS/c1-11(8-9-13-2)10-14-12-6-4-3-5-7-12/h3-9H,1,10H2,2H3/b9-8+. The molecule has 0 aliphatic heterocycles. The molecular formula is C12H14OS. The zero-order chi connectivity index (χ0) is 10.2. The highest BCUT2D eigenvalue weighted by Gasteiger charge is 1.93. The van der Waals surface area contributed by atoms with Gasteiger partial charge >= 0.3 is 0 Å². The molecule has 0 fully saturated rings. The summed E-state index contributed by atoms with van der Waals surface area (Å²) in [7, 11) is 1.63. The van der Waals surface area contributed by atoms with Gasteiger partial charge in [0.15, 0.2) is 0 Å². The van der Waals surface area contributed by atoms with Crippen molar-refractivity contribution < 1.29 is 4.74 Å². The van der Waals surface area contributed by atoms with Gasteiger partial charge in [-0.1, -0.05) is 24.8 Å². The molecule has 0 aliphatic rings. The Labute approximate surface area is 89.5 Å². The molecule has 0 aromatic heterocycles. The largest absolute Gasteiger partial charge is 0.504 e. The molecule has 14 heavy (non-hydrogen) atoms. The van der Waals surface area contributed by atoms with Crippen LogP contribution in [0.4, 0.5) is 0 Å². The molecule has 0 heterocycles. The Morgan fingerprint density at radius 1 is 1.43 bits per heavy atom. The third kappa shape index (κ3) is 4.19. The summed E-state index contributed by atoms with van der Waals surface area (Å²) in [6.45, 7) is 3.92. The van der Waals surface area contributed by atoms with E-state index in [1.165, 1.54) is 4.90 Å². The third-order valence-electron chi connectivity index (χ3n) is 1.61. The lowest BCUT2D eigenvalue weighted by molar-refractivity contribution is 0.338. The fourth-order valence-electron chi connectivity index (χ4n) is 0.905. The summed E-state index contributed by atoms with van der Waals surface area (Å²) in [5, 5.41) is 0. The Morgan fingerprint density at radius 2 is 2.14 bits per heavy atom. The minimum atomic E-state index is 0.893. The number of methoxy groups -OCH3 is 1. The molecule has 1 nitrogen and oxygen atoms in total. The van der Waals surface area contributed by atoms with Crippen LogP contribution in [0.1, 0.15) is 0 Å². The number of benzene rings is 1. The molecule has 74 valence electrons. The van der Waals surface area contributed by atoms with E-state index < -0.39 is 0 Å². The van der Waals surface area contributed by atoms with Crippen molar-refractivity contribution in [3.63, 3.8) is 0 Å². The Hall–Kier alpha value is -1.15. The van der Waals surface area contributed by atoms with Gasteiger partial charge in [-0.15, -0.1) is 11.8 Å². The maximum absolute atomic E-state index is 4.81. The number of thioether (sulfide) groups is 1. The van der Waals surface area contributed by atoms with Gasteiger partial charge in [-0.2, -0.15) is 0 Å². The zero-order valence-corrected chi connectivity index (χ0v) is 9.09. The normalized spacial score (nSPS) is 10.4. The lowest BCUT2D eigenvalue weighted by Gasteiger charge is -2.00. The van der Waals surface area contributed by atoms with Gasteiger partial charge < -0.3 is 4.74 Å². The Bertz CT molecular complexity index is 303. The number of rotatable bonds is 5. The van der Waals surface area contributed by atoms with Gasteiger partial charge in [0.25, 0.3) is 0 Å². The van der Waals surface area contributed by atoms with E-state index >= 15 is 0 Å². The smallest absolute Gasteiger partial charge is 0.0827 e. The average Bonchev–Trinajstić information content (AvgIpc) is 2.25. The van der Waals surface area contributed by atoms with Crippen molar-refractivity contribution in [1.82, 2.24) is 0 Å². The van der Waals surface area contributed by atoms with E-state index in [-0.39, 0.29) is 0 Å². The zero-order valence-electron chi connectivity index (χ0n) is 8.27. The van der Waals surface area contributed by atoms with Gasteiger partial charge in [-0.3, -0.25) is 0 Å². The van der Waals surface area contributed by atoms with Crippen molar-refractivity contribution in [1.29, 1.82) is 0 Å². The number of ether oxygens (including phenoxy) is 1. The van der Waals surface area contributed by atoms with Gasteiger partial charge in [0.05, 0.1) is 13.4 Å². The topological polar surface area (TPSA) is 9.23 Å². The quantitative estimate of drug-likeness (QED) is 0.414. The molecule has 0 spiro atoms. The van der Waals surface area contributed by atoms with Crippen molar-refractivity contribution in [2.75, 3.05) is 12.9 Å². The second kappa shape index (κ2) is 6.33. The summed E-state index contributed by atoms with van der Waals surface area (Å²) in [6, 6.07) is 10.3. The predicted octanol–water partition coefficient (Wildman–Crippen LogP) is 3.50. The lowest BCUT2D eigenvalue weighted by Crippen LogP contribution is -1.81. The van der Waals surface area contributed by atoms with Crippen LogP contribution in [0.3, 0.4) is 0 Å². The minimum Gasteiger partial charge on any atom is -0.504 e. The molecule has 0 saturated heterocycles. The van der Waals surface area contributed by atoms with Crippen LogP contribution >= 0.6 is 11.8 Å². The number of hydrogen-bond acceptors (Lipinski definition) is 2. The van der Waals surface area contributed by atoms with Crippen LogP contribution in [0.2, 0.25) is 0 Å². The highest BCUT2D eigenvalue weighted by Crippen LogP contribution is 2.19. The first-order chi connectivity index (χ1) is 6.83. The highest BCUT2D eigenvalue weighted by molar-refractivity contribution is 7.99.